The van der Waals surface area contributed by atoms with E-state index in [-0.39, 0.29) is 46.8 Å². The van der Waals surface area contributed by atoms with Crippen molar-refractivity contribution in [2.24, 2.45) is 16.6 Å². The van der Waals surface area contributed by atoms with Crippen LogP contribution in [0.5, 0.6) is 0 Å². The number of primary amides is 1. The van der Waals surface area contributed by atoms with Crippen LogP contribution in [0.4, 0.5) is 31.1 Å². The zero-order valence-electron chi connectivity index (χ0n) is 33.4. The fourth-order valence-corrected chi connectivity index (χ4v) is 9.84. The normalized spacial score (nSPS) is 16.2. The molecule has 328 valence electrons. The number of nitrogens with two attached hydrogens (primary N) is 1. The van der Waals surface area contributed by atoms with Gasteiger partial charge in [0.2, 0.25) is 0 Å². The molecule has 0 unspecified atom stereocenters. The van der Waals surface area contributed by atoms with Gasteiger partial charge in [0.1, 0.15) is 16.9 Å². The van der Waals surface area contributed by atoms with E-state index in [9.17, 15) is 48.0 Å². The van der Waals surface area contributed by atoms with Crippen LogP contribution in [0.3, 0.4) is 0 Å². The summed E-state index contributed by atoms with van der Waals surface area (Å²) >= 11 is 0. The lowest BCUT2D eigenvalue weighted by atomic mass is 9.92. The number of benzene rings is 2. The fraction of sp³-hybridized carbons (Fsp3) is 0.595. The fourth-order valence-electron chi connectivity index (χ4n) is 6.58. The molecule has 2 aliphatic heterocycles. The minimum atomic E-state index is -4.73. The lowest BCUT2D eigenvalue weighted by Gasteiger charge is -2.37. The second-order valence-corrected chi connectivity index (χ2v) is 21.4. The summed E-state index contributed by atoms with van der Waals surface area (Å²) in [6.07, 6.45) is -8.42. The van der Waals surface area contributed by atoms with Crippen LogP contribution in [-0.4, -0.2) is 109 Å². The molecule has 0 bridgehead atoms. The van der Waals surface area contributed by atoms with Gasteiger partial charge in [-0.05, 0) is 47.2 Å². The maximum absolute atomic E-state index is 12.9. The number of amides is 2. The molecule has 2 amide bonds. The Morgan fingerprint density at radius 1 is 0.712 bits per heavy atom. The van der Waals surface area contributed by atoms with E-state index in [2.05, 4.69) is 24.8 Å². The van der Waals surface area contributed by atoms with Crippen LogP contribution in [0.2, 0.25) is 0 Å². The summed E-state index contributed by atoms with van der Waals surface area (Å²) in [6, 6.07) is 8.32. The molecule has 0 aliphatic carbocycles. The highest BCUT2D eigenvalue weighted by atomic mass is 32.2. The van der Waals surface area contributed by atoms with Crippen LogP contribution in [0.25, 0.3) is 22.1 Å². The van der Waals surface area contributed by atoms with Crippen LogP contribution >= 0.6 is 0 Å². The zero-order valence-corrected chi connectivity index (χ0v) is 35.1. The van der Waals surface area contributed by atoms with Gasteiger partial charge in [0.25, 0.3) is 0 Å². The standard InChI is InChI=1S/C19H25F3N4O4S.C18H24F3N3O3S/c1-18(2,3)9-16-24-14-8-12(31(28,29)13-10-25(11-13)17(23)27)4-5-15(14)26(16)6-7-30-19(20,21)22;1-17(2,3)9-16-23-14-8-12(28(25,26)13-10-22-11-13)4-5-15(14)24(16)6-7-27-18(19,20)21/h4-5,8,13H,6-7,9-11H2,1-3H3,(H2,23,27);4-5,8,13,22H,6-7,9-11H2,1-3H3. The van der Waals surface area contributed by atoms with Crippen molar-refractivity contribution in [3.05, 3.63) is 48.0 Å². The summed E-state index contributed by atoms with van der Waals surface area (Å²) in [4.78, 5) is 21.6. The molecule has 3 N–H and O–H groups in total. The molecule has 0 radical (unpaired) electrons. The number of carbonyl (C=O) groups is 1. The molecule has 0 spiro atoms. The Bertz CT molecular complexity index is 2370. The molecule has 2 aromatic heterocycles. The predicted molar refractivity (Wildman–Crippen MR) is 206 cm³/mol. The van der Waals surface area contributed by atoms with Crippen LogP contribution in [0, 0.1) is 10.8 Å². The van der Waals surface area contributed by atoms with Crippen LogP contribution in [0.15, 0.2) is 46.2 Å². The number of urea groups is 1. The van der Waals surface area contributed by atoms with Crippen LogP contribution in [0.1, 0.15) is 53.2 Å². The minimum Gasteiger partial charge on any atom is -0.351 e. The molecule has 2 saturated heterocycles. The van der Waals surface area contributed by atoms with E-state index in [1.54, 1.807) is 21.3 Å². The Labute approximate surface area is 338 Å². The Morgan fingerprint density at radius 2 is 1.10 bits per heavy atom. The molecule has 22 heteroatoms. The lowest BCUT2D eigenvalue weighted by molar-refractivity contribution is -0.326. The molecule has 4 aromatic rings. The Kier molecular flexibility index (Phi) is 13.1. The third-order valence-corrected chi connectivity index (χ3v) is 13.8. The van der Waals surface area contributed by atoms with E-state index in [0.717, 1.165) is 0 Å². The molecule has 2 fully saturated rings. The number of ether oxygens (including phenoxy) is 2. The molecule has 2 aliphatic rings. The van der Waals surface area contributed by atoms with E-state index in [1.165, 1.54) is 29.2 Å². The van der Waals surface area contributed by atoms with Crippen LogP contribution < -0.4 is 11.1 Å². The molecule has 59 heavy (non-hydrogen) atoms. The average Bonchev–Trinajstić information content (AvgIpc) is 3.51. The van der Waals surface area contributed by atoms with E-state index in [4.69, 9.17) is 5.73 Å². The number of halogens is 6. The highest BCUT2D eigenvalue weighted by molar-refractivity contribution is 7.92. The number of nitrogens with zero attached hydrogens (tertiary/aromatic N) is 5. The van der Waals surface area contributed by atoms with Crippen molar-refractivity contribution in [1.29, 1.82) is 0 Å². The summed E-state index contributed by atoms with van der Waals surface area (Å²) < 4.78 is 136. The molecular weight excluding hydrogens is 833 g/mol. The third kappa shape index (κ3) is 11.6. The van der Waals surface area contributed by atoms with E-state index in [1.807, 2.05) is 41.5 Å². The molecule has 4 heterocycles. The molecule has 0 atom stereocenters. The van der Waals surface area contributed by atoms with Gasteiger partial charge in [-0.15, -0.1) is 26.3 Å². The number of aromatic nitrogens is 4. The lowest BCUT2D eigenvalue weighted by Crippen LogP contribution is -2.58. The first-order valence-electron chi connectivity index (χ1n) is 18.7. The highest BCUT2D eigenvalue weighted by Crippen LogP contribution is 2.31. The summed E-state index contributed by atoms with van der Waals surface area (Å²) in [5, 5.41) is 1.73. The topological polar surface area (TPSA) is 181 Å². The number of likely N-dealkylation sites (tertiary alicyclic amines) is 1. The van der Waals surface area contributed by atoms with Gasteiger partial charge in [-0.25, -0.2) is 31.6 Å². The second kappa shape index (κ2) is 16.8. The number of rotatable bonds is 12. The third-order valence-electron chi connectivity index (χ3n) is 9.57. The number of hydrogen-bond donors (Lipinski definition) is 2. The van der Waals surface area contributed by atoms with Crippen molar-refractivity contribution in [1.82, 2.24) is 29.3 Å². The summed E-state index contributed by atoms with van der Waals surface area (Å²) in [5.74, 6) is 1.15. The van der Waals surface area contributed by atoms with Gasteiger partial charge in [-0.3, -0.25) is 9.47 Å². The Morgan fingerprint density at radius 3 is 1.42 bits per heavy atom. The molecule has 14 nitrogen and oxygen atoms in total. The average molecular weight is 882 g/mol. The monoisotopic (exact) mass is 881 g/mol. The van der Waals surface area contributed by atoms with Crippen molar-refractivity contribution in [2.45, 2.75) is 100 Å². The number of nitrogens with one attached hydrogen (secondary N) is 1. The molecule has 6 rings (SSSR count). The molecule has 2 aromatic carbocycles. The van der Waals surface area contributed by atoms with Gasteiger partial charge >= 0.3 is 18.8 Å². The van der Waals surface area contributed by atoms with E-state index >= 15 is 0 Å². The first-order chi connectivity index (χ1) is 27.0. The second-order valence-electron chi connectivity index (χ2n) is 17.0. The first kappa shape index (κ1) is 46.1. The Balaban J connectivity index is 0.000000225. The largest absolute Gasteiger partial charge is 0.522 e. The van der Waals surface area contributed by atoms with Crippen molar-refractivity contribution < 1.29 is 57.4 Å². The van der Waals surface area contributed by atoms with Gasteiger partial charge < -0.3 is 25.1 Å². The molecule has 0 saturated carbocycles. The van der Waals surface area contributed by atoms with Crippen molar-refractivity contribution in [2.75, 3.05) is 39.4 Å². The zero-order chi connectivity index (χ0) is 43.9. The Hall–Kier alpha value is -3.99. The van der Waals surface area contributed by atoms with Gasteiger partial charge in [0, 0.05) is 52.1 Å². The van der Waals surface area contributed by atoms with Gasteiger partial charge in [-0.2, -0.15) is 0 Å². The van der Waals surface area contributed by atoms with Crippen LogP contribution in [-0.2, 0) is 55.1 Å². The number of fused-ring (bicyclic) bond motifs is 2. The predicted octanol–water partition coefficient (Wildman–Crippen LogP) is 5.60. The highest BCUT2D eigenvalue weighted by Gasteiger charge is 2.40. The van der Waals surface area contributed by atoms with E-state index in [0.29, 0.717) is 59.6 Å². The summed E-state index contributed by atoms with van der Waals surface area (Å²) in [5.41, 5.74) is 6.77. The number of carbonyl (C=O) groups excluding carboxylic acids is 1. The smallest absolute Gasteiger partial charge is 0.351 e. The van der Waals surface area contributed by atoms with Crippen molar-refractivity contribution in [3.63, 3.8) is 0 Å². The van der Waals surface area contributed by atoms with E-state index < -0.39 is 62.1 Å². The van der Waals surface area contributed by atoms with Crippen molar-refractivity contribution in [3.8, 4) is 0 Å². The summed E-state index contributed by atoms with van der Waals surface area (Å²) in [7, 11) is -7.16. The summed E-state index contributed by atoms with van der Waals surface area (Å²) in [6.45, 7) is 11.6. The van der Waals surface area contributed by atoms with Gasteiger partial charge in [0.15, 0.2) is 19.7 Å². The van der Waals surface area contributed by atoms with Gasteiger partial charge in [-0.1, -0.05) is 41.5 Å². The van der Waals surface area contributed by atoms with Crippen molar-refractivity contribution >= 4 is 47.8 Å². The maximum atomic E-state index is 12.9. The number of hydrogen-bond acceptors (Lipinski definition) is 10. The first-order valence-corrected chi connectivity index (χ1v) is 21.8. The quantitative estimate of drug-likeness (QED) is 0.170. The minimum absolute atomic E-state index is 0.0220. The number of sulfone groups is 2. The molecular formula is C37H49F6N7O7S2. The SMILES string of the molecule is CC(C)(C)Cc1nc2cc(S(=O)(=O)C3CN(C(N)=O)C3)ccc2n1CCOC(F)(F)F.CC(C)(C)Cc1nc2cc(S(=O)(=O)C3CNC3)ccc2n1CCOC(F)(F)F. The maximum Gasteiger partial charge on any atom is 0.522 e. The number of imidazole rings is 2. The van der Waals surface area contributed by atoms with Gasteiger partial charge in [0.05, 0.1) is 50.3 Å². The number of alkyl halides is 6.